The molecule has 0 atom stereocenters. The van der Waals surface area contributed by atoms with Gasteiger partial charge in [0.25, 0.3) is 11.6 Å². The van der Waals surface area contributed by atoms with E-state index >= 15 is 0 Å². The Bertz CT molecular complexity index is 539. The van der Waals surface area contributed by atoms with Gasteiger partial charge in [0.2, 0.25) is 0 Å². The number of benzene rings is 1. The molecule has 0 saturated heterocycles. The number of amides is 1. The highest BCUT2D eigenvalue weighted by molar-refractivity contribution is 7.99. The monoisotopic (exact) mass is 330 g/mol. The number of carbonyl (C=O) groups is 1. The average Bonchev–Trinajstić information content (AvgIpc) is 2.53. The van der Waals surface area contributed by atoms with Crippen LogP contribution in [0.15, 0.2) is 23.1 Å². The van der Waals surface area contributed by atoms with Crippen molar-refractivity contribution in [3.05, 3.63) is 33.9 Å². The van der Waals surface area contributed by atoms with Crippen LogP contribution in [0.5, 0.6) is 0 Å². The molecule has 0 aromatic heterocycles. The molecule has 0 radical (unpaired) electrons. The summed E-state index contributed by atoms with van der Waals surface area (Å²) in [5.41, 5.74) is -1.77. The number of nitrogens with zero attached hydrogens (tertiary/aromatic N) is 1. The topological polar surface area (TPSA) is 133 Å². The molecule has 8 nitrogen and oxygen atoms in total. The van der Waals surface area contributed by atoms with Crippen molar-refractivity contribution in [2.75, 3.05) is 25.6 Å². The molecule has 22 heavy (non-hydrogen) atoms. The van der Waals surface area contributed by atoms with E-state index in [2.05, 4.69) is 5.32 Å². The summed E-state index contributed by atoms with van der Waals surface area (Å²) in [6.07, 6.45) is 0. The normalized spacial score (nSPS) is 11.3. The number of rotatable bonds is 8. The standard InChI is InChI=1S/C13H18N2O6S/c1-2-22-11-4-3-9(5-10(11)15(20)21)12(19)14-13(6-16,7-17)8-18/h3-5,16-18H,2,6-8H2,1H3,(H,14,19). The molecule has 0 saturated carbocycles. The lowest BCUT2D eigenvalue weighted by Crippen LogP contribution is -2.57. The van der Waals surface area contributed by atoms with E-state index in [-0.39, 0.29) is 11.3 Å². The van der Waals surface area contributed by atoms with Gasteiger partial charge in [0, 0.05) is 11.6 Å². The number of aliphatic hydroxyl groups is 3. The molecule has 122 valence electrons. The van der Waals surface area contributed by atoms with Crippen LogP contribution in [0.2, 0.25) is 0 Å². The maximum atomic E-state index is 12.1. The van der Waals surface area contributed by atoms with Crippen molar-refractivity contribution in [3.63, 3.8) is 0 Å². The van der Waals surface area contributed by atoms with Crippen molar-refractivity contribution in [2.24, 2.45) is 0 Å². The lowest BCUT2D eigenvalue weighted by molar-refractivity contribution is -0.387. The first-order valence-electron chi connectivity index (χ1n) is 6.49. The second-order valence-electron chi connectivity index (χ2n) is 4.58. The molecule has 4 N–H and O–H groups in total. The Labute approximate surface area is 131 Å². The van der Waals surface area contributed by atoms with Crippen molar-refractivity contribution < 1.29 is 25.0 Å². The number of nitrogens with one attached hydrogen (secondary N) is 1. The molecule has 0 aliphatic carbocycles. The van der Waals surface area contributed by atoms with Crippen molar-refractivity contribution in [3.8, 4) is 0 Å². The largest absolute Gasteiger partial charge is 0.394 e. The highest BCUT2D eigenvalue weighted by Crippen LogP contribution is 2.29. The fourth-order valence-corrected chi connectivity index (χ4v) is 2.42. The lowest BCUT2D eigenvalue weighted by Gasteiger charge is -2.28. The van der Waals surface area contributed by atoms with Crippen molar-refractivity contribution in [2.45, 2.75) is 17.4 Å². The number of carbonyl (C=O) groups excluding carboxylic acids is 1. The predicted molar refractivity (Wildman–Crippen MR) is 80.9 cm³/mol. The molecule has 9 heteroatoms. The van der Waals surface area contributed by atoms with Crippen LogP contribution in [0.1, 0.15) is 17.3 Å². The first-order chi connectivity index (χ1) is 10.4. The van der Waals surface area contributed by atoms with E-state index in [1.54, 1.807) is 0 Å². The Kier molecular flexibility index (Phi) is 6.75. The number of aliphatic hydroxyl groups excluding tert-OH is 3. The summed E-state index contributed by atoms with van der Waals surface area (Å²) >= 11 is 1.28. The van der Waals surface area contributed by atoms with Gasteiger partial charge in [-0.1, -0.05) is 6.92 Å². The molecule has 1 aromatic rings. The number of nitro benzene ring substituents is 1. The van der Waals surface area contributed by atoms with Gasteiger partial charge in [-0.3, -0.25) is 14.9 Å². The Hall–Kier alpha value is -1.68. The van der Waals surface area contributed by atoms with Gasteiger partial charge in [-0.15, -0.1) is 11.8 Å². The van der Waals surface area contributed by atoms with Crippen molar-refractivity contribution in [1.29, 1.82) is 0 Å². The van der Waals surface area contributed by atoms with Crippen LogP contribution in [0, 0.1) is 10.1 Å². The summed E-state index contributed by atoms with van der Waals surface area (Å²) in [5, 5.41) is 40.9. The van der Waals surface area contributed by atoms with E-state index in [9.17, 15) is 30.2 Å². The fraction of sp³-hybridized carbons (Fsp3) is 0.462. The molecule has 0 aliphatic heterocycles. The van der Waals surface area contributed by atoms with Crippen LogP contribution < -0.4 is 5.32 Å². The number of hydrogen-bond acceptors (Lipinski definition) is 7. The molecule has 0 aliphatic rings. The van der Waals surface area contributed by atoms with Gasteiger partial charge in [0.05, 0.1) is 29.6 Å². The third-order valence-electron chi connectivity index (χ3n) is 3.00. The Balaban J connectivity index is 3.09. The fourth-order valence-electron chi connectivity index (χ4n) is 1.66. The number of nitro groups is 1. The molecule has 0 heterocycles. The van der Waals surface area contributed by atoms with Crippen LogP contribution in [0.3, 0.4) is 0 Å². The van der Waals surface area contributed by atoms with E-state index in [1.165, 1.54) is 23.9 Å². The summed E-state index contributed by atoms with van der Waals surface area (Å²) in [7, 11) is 0. The molecule has 1 aromatic carbocycles. The Morgan fingerprint density at radius 2 is 1.91 bits per heavy atom. The van der Waals surface area contributed by atoms with Gasteiger partial charge in [-0.2, -0.15) is 0 Å². The maximum absolute atomic E-state index is 12.1. The molecule has 1 amide bonds. The van der Waals surface area contributed by atoms with Gasteiger partial charge in [-0.25, -0.2) is 0 Å². The molecular weight excluding hydrogens is 312 g/mol. The van der Waals surface area contributed by atoms with Gasteiger partial charge in [0.15, 0.2) is 0 Å². The lowest BCUT2D eigenvalue weighted by atomic mass is 10.0. The zero-order valence-electron chi connectivity index (χ0n) is 12.0. The minimum atomic E-state index is -1.58. The van der Waals surface area contributed by atoms with Gasteiger partial charge in [0.1, 0.15) is 5.54 Å². The Morgan fingerprint density at radius 3 is 2.36 bits per heavy atom. The van der Waals surface area contributed by atoms with Crippen LogP contribution >= 0.6 is 11.8 Å². The second kappa shape index (κ2) is 8.08. The third kappa shape index (κ3) is 4.17. The first kappa shape index (κ1) is 18.4. The van der Waals surface area contributed by atoms with E-state index in [1.807, 2.05) is 6.92 Å². The second-order valence-corrected chi connectivity index (χ2v) is 5.89. The van der Waals surface area contributed by atoms with Crippen molar-refractivity contribution in [1.82, 2.24) is 5.32 Å². The van der Waals surface area contributed by atoms with E-state index < -0.39 is 36.2 Å². The zero-order chi connectivity index (χ0) is 16.8. The minimum absolute atomic E-state index is 0.00637. The molecule has 0 spiro atoms. The van der Waals surface area contributed by atoms with Gasteiger partial charge >= 0.3 is 0 Å². The van der Waals surface area contributed by atoms with Crippen LogP contribution in [-0.4, -0.2) is 57.3 Å². The van der Waals surface area contributed by atoms with Crippen LogP contribution in [0.4, 0.5) is 5.69 Å². The highest BCUT2D eigenvalue weighted by Gasteiger charge is 2.31. The smallest absolute Gasteiger partial charge is 0.283 e. The summed E-state index contributed by atoms with van der Waals surface area (Å²) in [4.78, 5) is 23.0. The zero-order valence-corrected chi connectivity index (χ0v) is 12.8. The maximum Gasteiger partial charge on any atom is 0.283 e. The third-order valence-corrected chi connectivity index (χ3v) is 3.95. The summed E-state index contributed by atoms with van der Waals surface area (Å²) in [6.45, 7) is -0.153. The molecule has 1 rings (SSSR count). The first-order valence-corrected chi connectivity index (χ1v) is 7.48. The predicted octanol–water partition coefficient (Wildman–Crippen LogP) is 0.152. The van der Waals surface area contributed by atoms with Gasteiger partial charge in [-0.05, 0) is 17.9 Å². The highest BCUT2D eigenvalue weighted by atomic mass is 32.2. The molecule has 0 bridgehead atoms. The van der Waals surface area contributed by atoms with Crippen LogP contribution in [0.25, 0.3) is 0 Å². The Morgan fingerprint density at radius 1 is 1.32 bits per heavy atom. The summed E-state index contributed by atoms with van der Waals surface area (Å²) in [6, 6.07) is 4.02. The quantitative estimate of drug-likeness (QED) is 0.303. The minimum Gasteiger partial charge on any atom is -0.394 e. The molecule has 0 unspecified atom stereocenters. The summed E-state index contributed by atoms with van der Waals surface area (Å²) in [5.74, 6) is -0.0806. The molecule has 0 fully saturated rings. The van der Waals surface area contributed by atoms with Crippen LogP contribution in [-0.2, 0) is 0 Å². The van der Waals surface area contributed by atoms with E-state index in [0.717, 1.165) is 6.07 Å². The number of hydrogen-bond donors (Lipinski definition) is 4. The average molecular weight is 330 g/mol. The van der Waals surface area contributed by atoms with Crippen molar-refractivity contribution >= 4 is 23.4 Å². The van der Waals surface area contributed by atoms with E-state index in [4.69, 9.17) is 0 Å². The number of thioether (sulfide) groups is 1. The summed E-state index contributed by atoms with van der Waals surface area (Å²) < 4.78 is 0. The van der Waals surface area contributed by atoms with E-state index in [0.29, 0.717) is 10.6 Å². The molecular formula is C13H18N2O6S. The SMILES string of the molecule is CCSc1ccc(C(=O)NC(CO)(CO)CO)cc1[N+](=O)[O-]. The van der Waals surface area contributed by atoms with Gasteiger partial charge < -0.3 is 20.6 Å².